The second-order valence-corrected chi connectivity index (χ2v) is 5.37. The molecule has 0 saturated carbocycles. The fourth-order valence-electron chi connectivity index (χ4n) is 2.10. The van der Waals surface area contributed by atoms with E-state index in [-0.39, 0.29) is 22.9 Å². The molecular formula is C15H18ClF2N5O2. The van der Waals surface area contributed by atoms with Gasteiger partial charge in [-0.2, -0.15) is 5.10 Å². The van der Waals surface area contributed by atoms with Crippen LogP contribution in [0.2, 0.25) is 5.02 Å². The third-order valence-corrected chi connectivity index (χ3v) is 3.56. The fourth-order valence-corrected chi connectivity index (χ4v) is 2.31. The van der Waals surface area contributed by atoms with E-state index in [1.165, 1.54) is 12.3 Å². The molecule has 0 unspecified atom stereocenters. The highest BCUT2D eigenvalue weighted by molar-refractivity contribution is 6.32. The van der Waals surface area contributed by atoms with Crippen LogP contribution < -0.4 is 10.6 Å². The van der Waals surface area contributed by atoms with Gasteiger partial charge in [-0.3, -0.25) is 4.79 Å². The van der Waals surface area contributed by atoms with Crippen LogP contribution >= 0.6 is 11.6 Å². The van der Waals surface area contributed by atoms with Crippen molar-refractivity contribution in [3.8, 4) is 5.82 Å². The summed E-state index contributed by atoms with van der Waals surface area (Å²) in [5, 5.41) is 9.61. The molecule has 0 aliphatic carbocycles. The standard InChI is InChI=1S/C15H18ClF2N5O2/c1-25-8-7-19-5-6-21-15(24)10-9-22-23(12(10)13(17)18)14-11(16)3-2-4-20-14/h2-4,9,13,19H,5-8H2,1H3,(H,21,24). The summed E-state index contributed by atoms with van der Waals surface area (Å²) in [7, 11) is 1.58. The predicted molar refractivity (Wildman–Crippen MR) is 88.4 cm³/mol. The van der Waals surface area contributed by atoms with Crippen LogP contribution in [0.4, 0.5) is 8.78 Å². The Morgan fingerprint density at radius 3 is 2.88 bits per heavy atom. The third-order valence-electron chi connectivity index (χ3n) is 3.27. The number of hydrogen-bond donors (Lipinski definition) is 2. The third kappa shape index (κ3) is 4.94. The Kier molecular flexibility index (Phi) is 7.23. The minimum atomic E-state index is -2.92. The summed E-state index contributed by atoms with van der Waals surface area (Å²) in [5.41, 5.74) is -0.765. The van der Waals surface area contributed by atoms with Gasteiger partial charge in [0.15, 0.2) is 5.82 Å². The van der Waals surface area contributed by atoms with E-state index in [9.17, 15) is 13.6 Å². The van der Waals surface area contributed by atoms with Gasteiger partial charge in [-0.1, -0.05) is 11.6 Å². The maximum Gasteiger partial charge on any atom is 0.281 e. The summed E-state index contributed by atoms with van der Waals surface area (Å²) >= 11 is 5.98. The van der Waals surface area contributed by atoms with E-state index in [0.717, 1.165) is 10.9 Å². The van der Waals surface area contributed by atoms with Gasteiger partial charge in [0, 0.05) is 32.9 Å². The first-order chi connectivity index (χ1) is 12.1. The first kappa shape index (κ1) is 19.2. The predicted octanol–water partition coefficient (Wildman–Crippen LogP) is 1.82. The molecule has 2 heterocycles. The summed E-state index contributed by atoms with van der Waals surface area (Å²) in [6.07, 6.45) is -0.426. The summed E-state index contributed by atoms with van der Waals surface area (Å²) in [6.45, 7) is 1.94. The number of halogens is 3. The lowest BCUT2D eigenvalue weighted by Gasteiger charge is -2.10. The summed E-state index contributed by atoms with van der Waals surface area (Å²) in [4.78, 5) is 16.1. The lowest BCUT2D eigenvalue weighted by Crippen LogP contribution is -2.33. The molecule has 2 aromatic heterocycles. The molecule has 0 radical (unpaired) electrons. The number of ether oxygens (including phenoxy) is 1. The molecule has 25 heavy (non-hydrogen) atoms. The van der Waals surface area contributed by atoms with Crippen molar-refractivity contribution in [2.45, 2.75) is 6.43 Å². The molecule has 2 rings (SSSR count). The van der Waals surface area contributed by atoms with Crippen molar-refractivity contribution in [2.75, 3.05) is 33.4 Å². The van der Waals surface area contributed by atoms with Gasteiger partial charge in [0.2, 0.25) is 0 Å². The largest absolute Gasteiger partial charge is 0.383 e. The lowest BCUT2D eigenvalue weighted by molar-refractivity contribution is 0.0937. The number of nitrogens with one attached hydrogen (secondary N) is 2. The van der Waals surface area contributed by atoms with E-state index in [0.29, 0.717) is 19.7 Å². The number of rotatable bonds is 9. The van der Waals surface area contributed by atoms with Crippen LogP contribution in [0.25, 0.3) is 5.82 Å². The van der Waals surface area contributed by atoms with Crippen molar-refractivity contribution in [1.29, 1.82) is 0 Å². The zero-order valence-corrected chi connectivity index (χ0v) is 14.3. The van der Waals surface area contributed by atoms with Crippen molar-refractivity contribution in [3.05, 3.63) is 40.8 Å². The van der Waals surface area contributed by atoms with Gasteiger partial charge in [-0.25, -0.2) is 18.4 Å². The number of carbonyl (C=O) groups is 1. The fraction of sp³-hybridized carbons (Fsp3) is 0.400. The molecule has 0 aliphatic rings. The van der Waals surface area contributed by atoms with Gasteiger partial charge in [0.25, 0.3) is 12.3 Å². The molecule has 0 spiro atoms. The Hall–Kier alpha value is -2.10. The Morgan fingerprint density at radius 1 is 1.40 bits per heavy atom. The molecule has 1 amide bonds. The number of hydrogen-bond acceptors (Lipinski definition) is 5. The van der Waals surface area contributed by atoms with Gasteiger partial charge in [0.05, 0.1) is 23.4 Å². The molecule has 0 aromatic carbocycles. The van der Waals surface area contributed by atoms with Crippen LogP contribution in [0, 0.1) is 0 Å². The van der Waals surface area contributed by atoms with Gasteiger partial charge in [-0.15, -0.1) is 0 Å². The highest BCUT2D eigenvalue weighted by atomic mass is 35.5. The number of methoxy groups -OCH3 is 1. The first-order valence-corrected chi connectivity index (χ1v) is 7.89. The molecule has 136 valence electrons. The van der Waals surface area contributed by atoms with Gasteiger partial charge < -0.3 is 15.4 Å². The highest BCUT2D eigenvalue weighted by Crippen LogP contribution is 2.27. The Balaban J connectivity index is 2.11. The number of nitrogens with zero attached hydrogens (tertiary/aromatic N) is 3. The minimum Gasteiger partial charge on any atom is -0.383 e. The summed E-state index contributed by atoms with van der Waals surface area (Å²) < 4.78 is 32.7. The number of amides is 1. The SMILES string of the molecule is COCCNCCNC(=O)c1cnn(-c2ncccc2Cl)c1C(F)F. The zero-order valence-electron chi connectivity index (χ0n) is 13.5. The van der Waals surface area contributed by atoms with E-state index in [2.05, 4.69) is 20.7 Å². The van der Waals surface area contributed by atoms with E-state index in [1.54, 1.807) is 13.2 Å². The van der Waals surface area contributed by atoms with Crippen LogP contribution in [0.15, 0.2) is 24.5 Å². The Labute approximate surface area is 148 Å². The quantitative estimate of drug-likeness (QED) is 0.655. The summed E-state index contributed by atoms with van der Waals surface area (Å²) in [6, 6.07) is 3.08. The monoisotopic (exact) mass is 373 g/mol. The second-order valence-electron chi connectivity index (χ2n) is 4.96. The normalized spacial score (nSPS) is 11.1. The molecule has 7 nitrogen and oxygen atoms in total. The van der Waals surface area contributed by atoms with Crippen LogP contribution in [0.5, 0.6) is 0 Å². The maximum atomic E-state index is 13.5. The lowest BCUT2D eigenvalue weighted by atomic mass is 10.2. The molecule has 0 atom stereocenters. The van der Waals surface area contributed by atoms with E-state index >= 15 is 0 Å². The number of aromatic nitrogens is 3. The van der Waals surface area contributed by atoms with Crippen molar-refractivity contribution in [3.63, 3.8) is 0 Å². The molecule has 2 aromatic rings. The Bertz CT molecular complexity index is 711. The summed E-state index contributed by atoms with van der Waals surface area (Å²) in [5.74, 6) is -0.595. The smallest absolute Gasteiger partial charge is 0.281 e. The van der Waals surface area contributed by atoms with E-state index in [1.807, 2.05) is 0 Å². The van der Waals surface area contributed by atoms with Gasteiger partial charge in [0.1, 0.15) is 5.69 Å². The van der Waals surface area contributed by atoms with Crippen LogP contribution in [0.1, 0.15) is 22.5 Å². The van der Waals surface area contributed by atoms with E-state index < -0.39 is 18.0 Å². The topological polar surface area (TPSA) is 81.1 Å². The molecule has 2 N–H and O–H groups in total. The molecule has 0 saturated heterocycles. The maximum absolute atomic E-state index is 13.5. The highest BCUT2D eigenvalue weighted by Gasteiger charge is 2.26. The second kappa shape index (κ2) is 9.40. The average Bonchev–Trinajstić information content (AvgIpc) is 3.03. The molecule has 0 bridgehead atoms. The van der Waals surface area contributed by atoms with E-state index in [4.69, 9.17) is 16.3 Å². The zero-order chi connectivity index (χ0) is 18.2. The van der Waals surface area contributed by atoms with Crippen LogP contribution in [0.3, 0.4) is 0 Å². The van der Waals surface area contributed by atoms with Crippen molar-refractivity contribution in [1.82, 2.24) is 25.4 Å². The minimum absolute atomic E-state index is 0.0414. The number of pyridine rings is 1. The van der Waals surface area contributed by atoms with Crippen molar-refractivity contribution < 1.29 is 18.3 Å². The molecule has 0 aliphatic heterocycles. The van der Waals surface area contributed by atoms with Gasteiger partial charge in [-0.05, 0) is 12.1 Å². The molecular weight excluding hydrogens is 356 g/mol. The molecule has 0 fully saturated rings. The van der Waals surface area contributed by atoms with Gasteiger partial charge >= 0.3 is 0 Å². The van der Waals surface area contributed by atoms with Crippen LogP contribution in [-0.2, 0) is 4.74 Å². The molecule has 10 heteroatoms. The van der Waals surface area contributed by atoms with Crippen molar-refractivity contribution >= 4 is 17.5 Å². The number of alkyl halides is 2. The Morgan fingerprint density at radius 2 is 2.20 bits per heavy atom. The average molecular weight is 374 g/mol. The first-order valence-electron chi connectivity index (χ1n) is 7.51. The van der Waals surface area contributed by atoms with Crippen molar-refractivity contribution in [2.24, 2.45) is 0 Å². The van der Waals surface area contributed by atoms with Crippen LogP contribution in [-0.4, -0.2) is 54.0 Å². The number of carbonyl (C=O) groups excluding carboxylic acids is 1.